The molecule has 0 bridgehead atoms. The summed E-state index contributed by atoms with van der Waals surface area (Å²) in [5.74, 6) is 0.582. The molecule has 2 aliphatic carbocycles. The minimum Gasteiger partial charge on any atom is -0.353 e. The highest BCUT2D eigenvalue weighted by Gasteiger charge is 2.46. The predicted molar refractivity (Wildman–Crippen MR) is 106 cm³/mol. The van der Waals surface area contributed by atoms with Gasteiger partial charge in [0.1, 0.15) is 0 Å². The van der Waals surface area contributed by atoms with Crippen molar-refractivity contribution in [2.75, 3.05) is 18.8 Å². The van der Waals surface area contributed by atoms with Crippen LogP contribution in [0.4, 0.5) is 0 Å². The molecule has 1 saturated carbocycles. The van der Waals surface area contributed by atoms with Gasteiger partial charge in [-0.1, -0.05) is 24.3 Å². The highest BCUT2D eigenvalue weighted by atomic mass is 32.2. The first kappa shape index (κ1) is 18.9. The summed E-state index contributed by atoms with van der Waals surface area (Å²) in [5.41, 5.74) is 2.67. The highest BCUT2D eigenvalue weighted by Crippen LogP contribution is 2.52. The summed E-state index contributed by atoms with van der Waals surface area (Å²) < 4.78 is 26.1. The Morgan fingerprint density at radius 2 is 1.93 bits per heavy atom. The Hall–Kier alpha value is -1.40. The zero-order valence-corrected chi connectivity index (χ0v) is 16.9. The molecule has 0 aromatic heterocycles. The zero-order valence-electron chi connectivity index (χ0n) is 16.1. The van der Waals surface area contributed by atoms with Crippen molar-refractivity contribution in [3.63, 3.8) is 0 Å². The first-order valence-corrected chi connectivity index (χ1v) is 11.9. The maximum atomic E-state index is 12.5. The second kappa shape index (κ2) is 7.21. The van der Waals surface area contributed by atoms with E-state index in [4.69, 9.17) is 0 Å². The number of carbonyl (C=O) groups is 1. The van der Waals surface area contributed by atoms with Gasteiger partial charge in [0.05, 0.1) is 5.75 Å². The lowest BCUT2D eigenvalue weighted by Gasteiger charge is -2.39. The monoisotopic (exact) mass is 390 g/mol. The number of hydrogen-bond acceptors (Lipinski definition) is 3. The first-order valence-electron chi connectivity index (χ1n) is 10.3. The van der Waals surface area contributed by atoms with Gasteiger partial charge in [-0.15, -0.1) is 0 Å². The molecule has 1 aromatic carbocycles. The lowest BCUT2D eigenvalue weighted by molar-refractivity contribution is -0.122. The van der Waals surface area contributed by atoms with Crippen LogP contribution in [0.2, 0.25) is 0 Å². The standard InChI is InChI=1S/C21H30N2O3S/c1-2-27(25,26)23-12-10-21(11-13-23)15-16(18-8-3-4-9-19(18)21)14-20(24)22-17-6-5-7-17/h3-4,8-9,16-17H,2,5-7,10-15H2,1H3,(H,22,24)/t16-/m0/s1. The Labute approximate surface area is 162 Å². The van der Waals surface area contributed by atoms with E-state index >= 15 is 0 Å². The largest absolute Gasteiger partial charge is 0.353 e. The van der Waals surface area contributed by atoms with Gasteiger partial charge in [-0.05, 0) is 67.9 Å². The molecule has 0 radical (unpaired) electrons. The molecule has 4 rings (SSSR count). The lowest BCUT2D eigenvalue weighted by atomic mass is 9.73. The Kier molecular flexibility index (Phi) is 5.06. The number of amides is 1. The van der Waals surface area contributed by atoms with E-state index in [1.807, 2.05) is 0 Å². The molecular weight excluding hydrogens is 360 g/mol. The molecule has 1 amide bonds. The minimum absolute atomic E-state index is 0.0256. The summed E-state index contributed by atoms with van der Waals surface area (Å²) in [6.07, 6.45) is 6.65. The third-order valence-corrected chi connectivity index (χ3v) is 8.83. The van der Waals surface area contributed by atoms with Crippen LogP contribution < -0.4 is 5.32 Å². The van der Waals surface area contributed by atoms with E-state index in [1.165, 1.54) is 17.5 Å². The molecule has 1 saturated heterocycles. The maximum absolute atomic E-state index is 12.5. The molecule has 1 aromatic rings. The number of sulfonamides is 1. The molecule has 6 heteroatoms. The topological polar surface area (TPSA) is 66.5 Å². The summed E-state index contributed by atoms with van der Waals surface area (Å²) in [7, 11) is -3.12. The van der Waals surface area contributed by atoms with Crippen LogP contribution in [0, 0.1) is 0 Å². The van der Waals surface area contributed by atoms with Crippen LogP contribution in [-0.4, -0.2) is 43.5 Å². The van der Waals surface area contributed by atoms with Crippen molar-refractivity contribution in [1.29, 1.82) is 0 Å². The van der Waals surface area contributed by atoms with Crippen LogP contribution in [0.25, 0.3) is 0 Å². The second-order valence-electron chi connectivity index (χ2n) is 8.47. The molecule has 148 valence electrons. The molecule has 1 atom stereocenters. The fourth-order valence-corrected chi connectivity index (χ4v) is 6.23. The van der Waals surface area contributed by atoms with E-state index in [0.29, 0.717) is 25.6 Å². The van der Waals surface area contributed by atoms with Crippen LogP contribution >= 0.6 is 0 Å². The fourth-order valence-electron chi connectivity index (χ4n) is 5.12. The van der Waals surface area contributed by atoms with E-state index in [-0.39, 0.29) is 23.0 Å². The molecule has 27 heavy (non-hydrogen) atoms. The van der Waals surface area contributed by atoms with Crippen molar-refractivity contribution in [2.24, 2.45) is 0 Å². The van der Waals surface area contributed by atoms with E-state index in [2.05, 4.69) is 29.6 Å². The smallest absolute Gasteiger partial charge is 0.220 e. The summed E-state index contributed by atoms with van der Waals surface area (Å²) >= 11 is 0. The van der Waals surface area contributed by atoms with Gasteiger partial charge < -0.3 is 5.32 Å². The predicted octanol–water partition coefficient (Wildman–Crippen LogP) is 2.92. The van der Waals surface area contributed by atoms with Crippen molar-refractivity contribution >= 4 is 15.9 Å². The minimum atomic E-state index is -3.12. The number of piperidine rings is 1. The SMILES string of the molecule is CCS(=O)(=O)N1CCC2(CC1)C[C@H](CC(=O)NC1CCC1)c1ccccc12. The fraction of sp³-hybridized carbons (Fsp3) is 0.667. The number of fused-ring (bicyclic) bond motifs is 2. The molecule has 1 aliphatic heterocycles. The van der Waals surface area contributed by atoms with Crippen LogP contribution in [-0.2, 0) is 20.2 Å². The molecule has 1 N–H and O–H groups in total. The van der Waals surface area contributed by atoms with E-state index in [0.717, 1.165) is 32.1 Å². The normalized spacial score (nSPS) is 25.1. The average Bonchev–Trinajstić information content (AvgIpc) is 2.92. The second-order valence-corrected chi connectivity index (χ2v) is 10.7. The number of benzene rings is 1. The van der Waals surface area contributed by atoms with Gasteiger partial charge in [-0.3, -0.25) is 4.79 Å². The lowest BCUT2D eigenvalue weighted by Crippen LogP contribution is -2.45. The summed E-state index contributed by atoms with van der Waals surface area (Å²) in [6, 6.07) is 8.88. The zero-order chi connectivity index (χ0) is 19.1. The summed E-state index contributed by atoms with van der Waals surface area (Å²) in [6.45, 7) is 2.89. The molecule has 3 aliphatic rings. The van der Waals surface area contributed by atoms with E-state index < -0.39 is 10.0 Å². The van der Waals surface area contributed by atoms with Gasteiger partial charge in [-0.2, -0.15) is 0 Å². The van der Waals surface area contributed by atoms with Crippen molar-refractivity contribution in [1.82, 2.24) is 9.62 Å². The van der Waals surface area contributed by atoms with Crippen molar-refractivity contribution in [2.45, 2.75) is 69.2 Å². The van der Waals surface area contributed by atoms with Gasteiger partial charge in [0.2, 0.25) is 15.9 Å². The maximum Gasteiger partial charge on any atom is 0.220 e. The Morgan fingerprint density at radius 3 is 2.56 bits per heavy atom. The van der Waals surface area contributed by atoms with Gasteiger partial charge in [0.15, 0.2) is 0 Å². The van der Waals surface area contributed by atoms with Crippen LogP contribution in [0.1, 0.15) is 68.9 Å². The van der Waals surface area contributed by atoms with Gasteiger partial charge >= 0.3 is 0 Å². The molecule has 1 spiro atoms. The summed E-state index contributed by atoms with van der Waals surface area (Å²) in [5, 5.41) is 3.17. The van der Waals surface area contributed by atoms with Gasteiger partial charge in [0, 0.05) is 25.6 Å². The molecule has 5 nitrogen and oxygen atoms in total. The van der Waals surface area contributed by atoms with Crippen molar-refractivity contribution in [3.05, 3.63) is 35.4 Å². The van der Waals surface area contributed by atoms with Gasteiger partial charge in [0.25, 0.3) is 0 Å². The highest BCUT2D eigenvalue weighted by molar-refractivity contribution is 7.89. The molecular formula is C21H30N2O3S. The Balaban J connectivity index is 1.49. The van der Waals surface area contributed by atoms with E-state index in [9.17, 15) is 13.2 Å². The quantitative estimate of drug-likeness (QED) is 0.841. The molecule has 0 unspecified atom stereocenters. The number of hydrogen-bond donors (Lipinski definition) is 1. The van der Waals surface area contributed by atoms with E-state index in [1.54, 1.807) is 11.2 Å². The molecule has 1 heterocycles. The number of rotatable bonds is 5. The van der Waals surface area contributed by atoms with Crippen LogP contribution in [0.15, 0.2) is 24.3 Å². The molecule has 2 fully saturated rings. The summed E-state index contributed by atoms with van der Waals surface area (Å²) in [4.78, 5) is 12.5. The van der Waals surface area contributed by atoms with Crippen molar-refractivity contribution < 1.29 is 13.2 Å². The number of nitrogens with one attached hydrogen (secondary N) is 1. The number of carbonyl (C=O) groups excluding carboxylic acids is 1. The van der Waals surface area contributed by atoms with Crippen molar-refractivity contribution in [3.8, 4) is 0 Å². The number of nitrogens with zero attached hydrogens (tertiary/aromatic N) is 1. The van der Waals surface area contributed by atoms with Crippen LogP contribution in [0.3, 0.4) is 0 Å². The Morgan fingerprint density at radius 1 is 1.22 bits per heavy atom. The Bertz CT molecular complexity index is 808. The van der Waals surface area contributed by atoms with Crippen LogP contribution in [0.5, 0.6) is 0 Å². The third-order valence-electron chi connectivity index (χ3n) is 6.95. The van der Waals surface area contributed by atoms with Gasteiger partial charge in [-0.25, -0.2) is 12.7 Å². The first-order chi connectivity index (χ1) is 12.9. The average molecular weight is 391 g/mol. The third kappa shape index (κ3) is 3.54.